The van der Waals surface area contributed by atoms with Gasteiger partial charge in [-0.05, 0) is 61.8 Å². The summed E-state index contributed by atoms with van der Waals surface area (Å²) in [5, 5.41) is 3.33. The van der Waals surface area contributed by atoms with Gasteiger partial charge in [-0.15, -0.1) is 0 Å². The number of hydrogen-bond acceptors (Lipinski definition) is 3. The Hall–Kier alpha value is -2.72. The van der Waals surface area contributed by atoms with E-state index in [4.69, 9.17) is 4.74 Å². The van der Waals surface area contributed by atoms with Crippen molar-refractivity contribution >= 4 is 0 Å². The van der Waals surface area contributed by atoms with Crippen LogP contribution in [0.4, 0.5) is 4.39 Å². The molecule has 132 valence electrons. The largest absolute Gasteiger partial charge is 0.490 e. The summed E-state index contributed by atoms with van der Waals surface area (Å²) in [5.41, 5.74) is 2.55. The summed E-state index contributed by atoms with van der Waals surface area (Å²) in [6.45, 7) is 1.99. The molecule has 4 heteroatoms. The molecule has 1 N–H and O–H groups in total. The van der Waals surface area contributed by atoms with E-state index in [0.717, 1.165) is 37.2 Å². The van der Waals surface area contributed by atoms with E-state index in [1.54, 1.807) is 18.3 Å². The number of nitrogens with zero attached hydrogens (tertiary/aromatic N) is 1. The van der Waals surface area contributed by atoms with E-state index in [2.05, 4.69) is 10.3 Å². The molecule has 0 amide bonds. The maximum atomic E-state index is 15.0. The first-order valence-corrected chi connectivity index (χ1v) is 8.99. The Kier molecular flexibility index (Phi) is 4.93. The highest BCUT2D eigenvalue weighted by atomic mass is 19.1. The zero-order chi connectivity index (χ0) is 17.8. The van der Waals surface area contributed by atoms with Crippen molar-refractivity contribution in [3.63, 3.8) is 0 Å². The highest BCUT2D eigenvalue weighted by Gasteiger charge is 2.15. The molecular formula is C22H21FN2O. The van der Waals surface area contributed by atoms with Crippen LogP contribution in [-0.2, 0) is 0 Å². The quantitative estimate of drug-likeness (QED) is 0.743. The van der Waals surface area contributed by atoms with Gasteiger partial charge in [0.15, 0.2) is 0 Å². The third-order valence-corrected chi connectivity index (χ3v) is 4.69. The van der Waals surface area contributed by atoms with Gasteiger partial charge in [0, 0.05) is 17.3 Å². The molecule has 0 unspecified atom stereocenters. The van der Waals surface area contributed by atoms with Crippen LogP contribution in [0.1, 0.15) is 12.8 Å². The van der Waals surface area contributed by atoms with Crippen LogP contribution in [-0.4, -0.2) is 24.2 Å². The third-order valence-electron chi connectivity index (χ3n) is 4.69. The van der Waals surface area contributed by atoms with Gasteiger partial charge in [0.05, 0.1) is 5.69 Å². The first-order valence-electron chi connectivity index (χ1n) is 8.99. The molecule has 1 aromatic heterocycles. The molecule has 0 bridgehead atoms. The molecule has 1 fully saturated rings. The maximum Gasteiger partial charge on any atom is 0.140 e. The fourth-order valence-corrected chi connectivity index (χ4v) is 3.29. The minimum absolute atomic E-state index is 0.252. The Labute approximate surface area is 152 Å². The molecule has 4 rings (SSSR count). The van der Waals surface area contributed by atoms with Crippen molar-refractivity contribution in [1.82, 2.24) is 10.3 Å². The van der Waals surface area contributed by atoms with Gasteiger partial charge in [0.2, 0.25) is 0 Å². The predicted molar refractivity (Wildman–Crippen MR) is 102 cm³/mol. The van der Waals surface area contributed by atoms with Crippen LogP contribution in [0.25, 0.3) is 22.4 Å². The Bertz CT molecular complexity index is 859. The molecule has 3 aromatic rings. The topological polar surface area (TPSA) is 34.1 Å². The highest BCUT2D eigenvalue weighted by Crippen LogP contribution is 2.31. The number of rotatable bonds is 4. The molecule has 1 aliphatic heterocycles. The van der Waals surface area contributed by atoms with Crippen LogP contribution < -0.4 is 10.1 Å². The Balaban J connectivity index is 1.58. The Morgan fingerprint density at radius 3 is 2.38 bits per heavy atom. The van der Waals surface area contributed by atoms with Gasteiger partial charge in [-0.25, -0.2) is 4.39 Å². The second kappa shape index (κ2) is 7.67. The summed E-state index contributed by atoms with van der Waals surface area (Å²) < 4.78 is 21.1. The van der Waals surface area contributed by atoms with E-state index < -0.39 is 0 Å². The van der Waals surface area contributed by atoms with E-state index in [0.29, 0.717) is 16.8 Å². The second-order valence-corrected chi connectivity index (χ2v) is 6.47. The summed E-state index contributed by atoms with van der Waals surface area (Å²) in [7, 11) is 0. The smallest absolute Gasteiger partial charge is 0.140 e. The molecule has 0 spiro atoms. The van der Waals surface area contributed by atoms with Gasteiger partial charge >= 0.3 is 0 Å². The number of aromatic nitrogens is 1. The lowest BCUT2D eigenvalue weighted by Gasteiger charge is -2.23. The van der Waals surface area contributed by atoms with Crippen molar-refractivity contribution in [3.05, 3.63) is 72.7 Å². The molecule has 0 aliphatic carbocycles. The molecule has 2 heterocycles. The highest BCUT2D eigenvalue weighted by molar-refractivity contribution is 5.72. The first kappa shape index (κ1) is 16.7. The minimum atomic E-state index is -0.252. The third kappa shape index (κ3) is 3.60. The van der Waals surface area contributed by atoms with Crippen LogP contribution >= 0.6 is 0 Å². The number of nitrogens with one attached hydrogen (secondary N) is 1. The lowest BCUT2D eigenvalue weighted by Crippen LogP contribution is -2.34. The SMILES string of the molecule is Fc1c(-c2ccc(OC3CCNCC3)cc2)cccc1-c1ccccn1. The molecule has 0 saturated carbocycles. The van der Waals surface area contributed by atoms with E-state index in [1.807, 2.05) is 48.5 Å². The average molecular weight is 348 g/mol. The van der Waals surface area contributed by atoms with Gasteiger partial charge in [-0.3, -0.25) is 4.98 Å². The summed E-state index contributed by atoms with van der Waals surface area (Å²) in [4.78, 5) is 4.26. The Morgan fingerprint density at radius 1 is 0.885 bits per heavy atom. The number of ether oxygens (including phenoxy) is 1. The monoisotopic (exact) mass is 348 g/mol. The maximum absolute atomic E-state index is 15.0. The Morgan fingerprint density at radius 2 is 1.65 bits per heavy atom. The van der Waals surface area contributed by atoms with Crippen molar-refractivity contribution in [2.45, 2.75) is 18.9 Å². The van der Waals surface area contributed by atoms with Crippen molar-refractivity contribution in [1.29, 1.82) is 0 Å². The average Bonchev–Trinajstić information content (AvgIpc) is 2.70. The van der Waals surface area contributed by atoms with Crippen LogP contribution in [0, 0.1) is 5.82 Å². The lowest BCUT2D eigenvalue weighted by atomic mass is 10.00. The molecule has 2 aromatic carbocycles. The van der Waals surface area contributed by atoms with Crippen LogP contribution in [0.5, 0.6) is 5.75 Å². The molecule has 0 radical (unpaired) electrons. The number of benzene rings is 2. The standard InChI is InChI=1S/C22H21FN2O/c23-22-19(4-3-5-20(22)21-6-1-2-13-25-21)16-7-9-17(10-8-16)26-18-11-14-24-15-12-18/h1-10,13,18,24H,11-12,14-15H2. The van der Waals surface area contributed by atoms with Gasteiger partial charge in [-0.1, -0.05) is 30.3 Å². The minimum Gasteiger partial charge on any atom is -0.490 e. The predicted octanol–water partition coefficient (Wildman–Crippen LogP) is 4.69. The molecule has 3 nitrogen and oxygen atoms in total. The van der Waals surface area contributed by atoms with Crippen molar-refractivity contribution in [2.75, 3.05) is 13.1 Å². The van der Waals surface area contributed by atoms with E-state index >= 15 is 4.39 Å². The van der Waals surface area contributed by atoms with E-state index in [9.17, 15) is 0 Å². The summed E-state index contributed by atoms with van der Waals surface area (Å²) in [6.07, 6.45) is 3.96. The molecule has 0 atom stereocenters. The van der Waals surface area contributed by atoms with Gasteiger partial charge < -0.3 is 10.1 Å². The van der Waals surface area contributed by atoms with E-state index in [-0.39, 0.29) is 11.9 Å². The number of hydrogen-bond donors (Lipinski definition) is 1. The first-order chi connectivity index (χ1) is 12.8. The summed E-state index contributed by atoms with van der Waals surface area (Å²) in [6, 6.07) is 18.6. The molecule has 26 heavy (non-hydrogen) atoms. The van der Waals surface area contributed by atoms with Crippen molar-refractivity contribution in [3.8, 4) is 28.1 Å². The summed E-state index contributed by atoms with van der Waals surface area (Å²) in [5.74, 6) is 0.583. The van der Waals surface area contributed by atoms with Gasteiger partial charge in [0.1, 0.15) is 17.7 Å². The van der Waals surface area contributed by atoms with Crippen LogP contribution in [0.3, 0.4) is 0 Å². The summed E-state index contributed by atoms with van der Waals surface area (Å²) >= 11 is 0. The number of pyridine rings is 1. The zero-order valence-corrected chi connectivity index (χ0v) is 14.5. The molecule has 1 saturated heterocycles. The van der Waals surface area contributed by atoms with Crippen molar-refractivity contribution < 1.29 is 9.13 Å². The fraction of sp³-hybridized carbons (Fsp3) is 0.227. The number of halogens is 1. The second-order valence-electron chi connectivity index (χ2n) is 6.47. The molecule has 1 aliphatic rings. The normalized spacial score (nSPS) is 15.0. The van der Waals surface area contributed by atoms with Gasteiger partial charge in [0.25, 0.3) is 0 Å². The fourth-order valence-electron chi connectivity index (χ4n) is 3.29. The van der Waals surface area contributed by atoms with Crippen LogP contribution in [0.15, 0.2) is 66.9 Å². The van der Waals surface area contributed by atoms with Crippen molar-refractivity contribution in [2.24, 2.45) is 0 Å². The van der Waals surface area contributed by atoms with Crippen LogP contribution in [0.2, 0.25) is 0 Å². The lowest BCUT2D eigenvalue weighted by molar-refractivity contribution is 0.162. The molecular weight excluding hydrogens is 327 g/mol. The van der Waals surface area contributed by atoms with Gasteiger partial charge in [-0.2, -0.15) is 0 Å². The number of piperidine rings is 1. The zero-order valence-electron chi connectivity index (χ0n) is 14.5. The van der Waals surface area contributed by atoms with E-state index in [1.165, 1.54) is 0 Å².